The summed E-state index contributed by atoms with van der Waals surface area (Å²) in [5, 5.41) is 2.90. The maximum absolute atomic E-state index is 13.0. The van der Waals surface area contributed by atoms with E-state index in [0.717, 1.165) is 110 Å². The fourth-order valence-electron chi connectivity index (χ4n) is 8.07. The Bertz CT molecular complexity index is 1320. The van der Waals surface area contributed by atoms with E-state index >= 15 is 0 Å². The zero-order valence-corrected chi connectivity index (χ0v) is 44.3. The highest BCUT2D eigenvalue weighted by Crippen LogP contribution is 2.20. The maximum Gasteiger partial charge on any atom is 0.508 e. The highest BCUT2D eigenvalue weighted by atomic mass is 16.7. The van der Waals surface area contributed by atoms with Gasteiger partial charge < -0.3 is 38.6 Å². The van der Waals surface area contributed by atoms with Gasteiger partial charge in [-0.3, -0.25) is 4.79 Å². The summed E-state index contributed by atoms with van der Waals surface area (Å²) >= 11 is 0. The number of amides is 1. The molecule has 0 fully saturated rings. The van der Waals surface area contributed by atoms with Crippen molar-refractivity contribution in [3.05, 3.63) is 48.8 Å². The first-order valence-electron chi connectivity index (χ1n) is 27.7. The molecule has 1 N–H and O–H groups in total. The number of carbonyl (C=O) groups excluding carboxylic acids is 3. The molecule has 1 rings (SSSR count). The molecular weight excluding hydrogens is 857 g/mol. The van der Waals surface area contributed by atoms with Gasteiger partial charge in [-0.15, -0.1) is 0 Å². The van der Waals surface area contributed by atoms with Crippen molar-refractivity contribution in [1.82, 2.24) is 10.2 Å². The SMILES string of the molecule is C=C(CCCCCCC/C=C\C/C=C\CCCCC)OCC(COC(=O)CCC(OCCCCCCCC)C(C)CC)COC(=O)OCCCN(CC)CCCNC(=O)OC1CC/C=C/CCC1. The van der Waals surface area contributed by atoms with Crippen LogP contribution in [0.25, 0.3) is 0 Å². The van der Waals surface area contributed by atoms with E-state index in [-0.39, 0.29) is 63.0 Å². The summed E-state index contributed by atoms with van der Waals surface area (Å²) in [5.74, 6) is 0.361. The van der Waals surface area contributed by atoms with Crippen molar-refractivity contribution in [2.75, 3.05) is 59.2 Å². The number of hydrogen-bond donors (Lipinski definition) is 1. The Kier molecular flexibility index (Phi) is 42.5. The zero-order valence-electron chi connectivity index (χ0n) is 44.3. The molecule has 11 nitrogen and oxygen atoms in total. The number of esters is 1. The Morgan fingerprint density at radius 2 is 1.34 bits per heavy atom. The van der Waals surface area contributed by atoms with Crippen molar-refractivity contribution < 1.29 is 42.8 Å². The molecule has 4 unspecified atom stereocenters. The molecule has 68 heavy (non-hydrogen) atoms. The molecular formula is C57H102N2O9. The molecule has 0 saturated heterocycles. The molecule has 0 aliphatic heterocycles. The van der Waals surface area contributed by atoms with Crippen LogP contribution >= 0.6 is 0 Å². The Balaban J connectivity index is 2.51. The Labute approximate surface area is 416 Å². The molecule has 394 valence electrons. The molecule has 0 aromatic carbocycles. The predicted octanol–water partition coefficient (Wildman–Crippen LogP) is 14.9. The normalized spacial score (nSPS) is 15.9. The van der Waals surface area contributed by atoms with Gasteiger partial charge in [0, 0.05) is 32.5 Å². The number of carbonyl (C=O) groups is 3. The van der Waals surface area contributed by atoms with Crippen LogP contribution in [0.3, 0.4) is 0 Å². The Hall–Kier alpha value is -3.31. The molecule has 0 aromatic rings. The number of alkyl carbamates (subject to hydrolysis) is 1. The first kappa shape index (κ1) is 62.7. The van der Waals surface area contributed by atoms with Crippen LogP contribution in [0.1, 0.15) is 214 Å². The third-order valence-corrected chi connectivity index (χ3v) is 12.8. The molecule has 4 atom stereocenters. The first-order valence-corrected chi connectivity index (χ1v) is 27.7. The third-order valence-electron chi connectivity index (χ3n) is 12.8. The van der Waals surface area contributed by atoms with Crippen LogP contribution in [0.2, 0.25) is 0 Å². The molecule has 0 aromatic heterocycles. The molecule has 0 bridgehead atoms. The lowest BCUT2D eigenvalue weighted by atomic mass is 9.97. The summed E-state index contributed by atoms with van der Waals surface area (Å²) in [4.78, 5) is 40.3. The van der Waals surface area contributed by atoms with Gasteiger partial charge in [-0.25, -0.2) is 9.59 Å². The minimum atomic E-state index is -0.754. The molecule has 1 aliphatic carbocycles. The van der Waals surface area contributed by atoms with E-state index in [1.54, 1.807) is 0 Å². The van der Waals surface area contributed by atoms with Crippen LogP contribution in [0.4, 0.5) is 9.59 Å². The van der Waals surface area contributed by atoms with Gasteiger partial charge >= 0.3 is 18.2 Å². The summed E-state index contributed by atoms with van der Waals surface area (Å²) in [5.41, 5.74) is 0. The largest absolute Gasteiger partial charge is 0.508 e. The van der Waals surface area contributed by atoms with Gasteiger partial charge in [0.1, 0.15) is 19.3 Å². The number of ether oxygens (including phenoxy) is 6. The lowest BCUT2D eigenvalue weighted by Crippen LogP contribution is -2.33. The lowest BCUT2D eigenvalue weighted by molar-refractivity contribution is -0.147. The lowest BCUT2D eigenvalue weighted by Gasteiger charge is -2.23. The summed E-state index contributed by atoms with van der Waals surface area (Å²) in [6, 6.07) is 0. The van der Waals surface area contributed by atoms with Crippen molar-refractivity contribution in [2.24, 2.45) is 11.8 Å². The topological polar surface area (TPSA) is 122 Å². The fourth-order valence-corrected chi connectivity index (χ4v) is 8.07. The Morgan fingerprint density at radius 3 is 2.09 bits per heavy atom. The van der Waals surface area contributed by atoms with Gasteiger partial charge in [-0.1, -0.05) is 148 Å². The molecule has 0 radical (unpaired) electrons. The second-order valence-corrected chi connectivity index (χ2v) is 19.0. The quantitative estimate of drug-likeness (QED) is 0.0208. The highest BCUT2D eigenvalue weighted by molar-refractivity contribution is 5.69. The van der Waals surface area contributed by atoms with Crippen molar-refractivity contribution in [1.29, 1.82) is 0 Å². The molecule has 1 aliphatic rings. The van der Waals surface area contributed by atoms with Crippen molar-refractivity contribution in [3.63, 3.8) is 0 Å². The van der Waals surface area contributed by atoms with Crippen LogP contribution in [0.15, 0.2) is 48.8 Å². The second kappa shape index (κ2) is 46.1. The number of nitrogens with one attached hydrogen (secondary N) is 1. The smallest absolute Gasteiger partial charge is 0.498 e. The van der Waals surface area contributed by atoms with Crippen LogP contribution in [-0.4, -0.2) is 94.5 Å². The van der Waals surface area contributed by atoms with Crippen LogP contribution < -0.4 is 5.32 Å². The predicted molar refractivity (Wildman–Crippen MR) is 280 cm³/mol. The number of hydrogen-bond acceptors (Lipinski definition) is 10. The van der Waals surface area contributed by atoms with E-state index in [4.69, 9.17) is 28.4 Å². The van der Waals surface area contributed by atoms with Crippen LogP contribution in [0.5, 0.6) is 0 Å². The standard InChI is InChI=1S/C57H102N2O9/c1-7-11-13-15-17-18-19-20-21-22-23-24-25-27-31-37-51(6)65-47-52(48-66-55(60)41-40-54(50(5)9-3)63-45-34-30-16-14-12-8-2)49-67-57(62)64-46-36-44-59(10-4)43-35-42-58-56(61)68-53-38-32-28-26-29-33-39-53/h17-18,20-21,26,28,50,52-54H,6-16,19,22-25,27,29-49H2,1-5H3,(H,58,61)/b18-17-,21-20-,28-26+. The van der Waals surface area contributed by atoms with Gasteiger partial charge in [0.15, 0.2) is 0 Å². The van der Waals surface area contributed by atoms with E-state index in [1.807, 2.05) is 0 Å². The van der Waals surface area contributed by atoms with Gasteiger partial charge in [0.05, 0.1) is 31.0 Å². The summed E-state index contributed by atoms with van der Waals surface area (Å²) < 4.78 is 34.7. The van der Waals surface area contributed by atoms with Crippen molar-refractivity contribution in [3.8, 4) is 0 Å². The van der Waals surface area contributed by atoms with Crippen LogP contribution in [-0.2, 0) is 33.2 Å². The van der Waals surface area contributed by atoms with Gasteiger partial charge in [-0.05, 0) is 115 Å². The van der Waals surface area contributed by atoms with E-state index in [9.17, 15) is 14.4 Å². The van der Waals surface area contributed by atoms with E-state index < -0.39 is 6.16 Å². The summed E-state index contributed by atoms with van der Waals surface area (Å²) in [6.45, 7) is 19.2. The van der Waals surface area contributed by atoms with E-state index in [0.29, 0.717) is 31.1 Å². The fraction of sp³-hybridized carbons (Fsp3) is 0.807. The third kappa shape index (κ3) is 38.5. The maximum atomic E-state index is 13.0. The van der Waals surface area contributed by atoms with E-state index in [1.165, 1.54) is 77.0 Å². The highest BCUT2D eigenvalue weighted by Gasteiger charge is 2.21. The Morgan fingerprint density at radius 1 is 0.691 bits per heavy atom. The molecule has 1 amide bonds. The minimum absolute atomic E-state index is 0.00569. The van der Waals surface area contributed by atoms with Gasteiger partial charge in [0.25, 0.3) is 0 Å². The minimum Gasteiger partial charge on any atom is -0.498 e. The van der Waals surface area contributed by atoms with Gasteiger partial charge in [-0.2, -0.15) is 0 Å². The summed E-state index contributed by atoms with van der Waals surface area (Å²) in [7, 11) is 0. The number of rotatable bonds is 44. The van der Waals surface area contributed by atoms with Gasteiger partial charge in [0.2, 0.25) is 0 Å². The number of nitrogens with zero attached hydrogens (tertiary/aromatic N) is 1. The molecule has 0 saturated carbocycles. The molecule has 0 heterocycles. The molecule has 0 spiro atoms. The van der Waals surface area contributed by atoms with Crippen molar-refractivity contribution in [2.45, 2.75) is 227 Å². The summed E-state index contributed by atoms with van der Waals surface area (Å²) in [6.07, 6.45) is 41.5. The average molecular weight is 959 g/mol. The first-order chi connectivity index (χ1) is 33.2. The average Bonchev–Trinajstić information content (AvgIpc) is 3.33. The van der Waals surface area contributed by atoms with Crippen LogP contribution in [0, 0.1) is 11.8 Å². The second-order valence-electron chi connectivity index (χ2n) is 19.0. The number of unbranched alkanes of at least 4 members (excludes halogenated alkanes) is 13. The van der Waals surface area contributed by atoms with Crippen molar-refractivity contribution >= 4 is 18.2 Å². The number of allylic oxidation sites excluding steroid dienone is 7. The van der Waals surface area contributed by atoms with E-state index in [2.05, 4.69) is 87.9 Å². The monoisotopic (exact) mass is 959 g/mol. The zero-order chi connectivity index (χ0) is 49.6. The molecule has 11 heteroatoms.